The molecule has 1 aliphatic rings. The molecule has 26 heavy (non-hydrogen) atoms. The third-order valence-corrected chi connectivity index (χ3v) is 4.92. The Labute approximate surface area is 154 Å². The highest BCUT2D eigenvalue weighted by Gasteiger charge is 2.29. The van der Waals surface area contributed by atoms with Gasteiger partial charge in [0.05, 0.1) is 5.56 Å². The molecule has 138 valence electrons. The molecule has 1 atom stereocenters. The average Bonchev–Trinajstić information content (AvgIpc) is 3.36. The predicted molar refractivity (Wildman–Crippen MR) is 102 cm³/mol. The molecule has 0 bridgehead atoms. The van der Waals surface area contributed by atoms with Crippen LogP contribution in [0, 0.1) is 27.7 Å². The quantitative estimate of drug-likeness (QED) is 0.817. The van der Waals surface area contributed by atoms with Crippen molar-refractivity contribution >= 4 is 17.6 Å². The molecule has 1 aliphatic carbocycles. The van der Waals surface area contributed by atoms with Gasteiger partial charge in [-0.2, -0.15) is 0 Å². The number of anilines is 1. The third kappa shape index (κ3) is 3.66. The second-order valence-corrected chi connectivity index (χ2v) is 7.24. The van der Waals surface area contributed by atoms with Gasteiger partial charge >= 0.3 is 5.97 Å². The summed E-state index contributed by atoms with van der Waals surface area (Å²) >= 11 is 0. The van der Waals surface area contributed by atoms with Gasteiger partial charge in [-0.05, 0) is 70.7 Å². The van der Waals surface area contributed by atoms with Gasteiger partial charge in [0.1, 0.15) is 0 Å². The van der Waals surface area contributed by atoms with Crippen LogP contribution >= 0.6 is 0 Å². The van der Waals surface area contributed by atoms with Crippen molar-refractivity contribution < 1.29 is 14.3 Å². The van der Waals surface area contributed by atoms with E-state index in [0.29, 0.717) is 11.6 Å². The van der Waals surface area contributed by atoms with Crippen LogP contribution in [0.25, 0.3) is 0 Å². The first-order chi connectivity index (χ1) is 12.3. The molecule has 0 saturated heterocycles. The number of hydrogen-bond donors (Lipinski definition) is 1. The van der Waals surface area contributed by atoms with Gasteiger partial charge in [0.2, 0.25) is 0 Å². The third-order valence-electron chi connectivity index (χ3n) is 4.92. The summed E-state index contributed by atoms with van der Waals surface area (Å²) < 4.78 is 7.62. The van der Waals surface area contributed by atoms with E-state index >= 15 is 0 Å². The summed E-state index contributed by atoms with van der Waals surface area (Å²) in [5, 5.41) is 2.85. The number of benzene rings is 1. The molecule has 1 aromatic carbocycles. The van der Waals surface area contributed by atoms with E-state index in [4.69, 9.17) is 4.74 Å². The van der Waals surface area contributed by atoms with E-state index in [2.05, 4.69) is 9.88 Å². The molecule has 1 heterocycles. The van der Waals surface area contributed by atoms with Crippen molar-refractivity contribution in [2.75, 3.05) is 5.32 Å². The summed E-state index contributed by atoms with van der Waals surface area (Å²) in [6.07, 6.45) is 1.44. The van der Waals surface area contributed by atoms with Crippen molar-refractivity contribution in [2.24, 2.45) is 0 Å². The normalized spacial score (nSPS) is 14.8. The van der Waals surface area contributed by atoms with Crippen LogP contribution in [0.1, 0.15) is 58.7 Å². The number of amides is 1. The van der Waals surface area contributed by atoms with Crippen molar-refractivity contribution in [3.8, 4) is 0 Å². The summed E-state index contributed by atoms with van der Waals surface area (Å²) in [5.41, 5.74) is 5.28. The van der Waals surface area contributed by atoms with Crippen molar-refractivity contribution in [3.05, 3.63) is 52.3 Å². The zero-order valence-corrected chi connectivity index (χ0v) is 16.1. The fourth-order valence-electron chi connectivity index (χ4n) is 3.26. The van der Waals surface area contributed by atoms with Crippen molar-refractivity contribution in [1.29, 1.82) is 0 Å². The smallest absolute Gasteiger partial charge is 0.340 e. The van der Waals surface area contributed by atoms with E-state index in [-0.39, 0.29) is 5.91 Å². The largest absolute Gasteiger partial charge is 0.449 e. The van der Waals surface area contributed by atoms with Gasteiger partial charge in [-0.25, -0.2) is 4.79 Å². The Morgan fingerprint density at radius 2 is 1.85 bits per heavy atom. The van der Waals surface area contributed by atoms with Crippen molar-refractivity contribution in [1.82, 2.24) is 4.57 Å². The number of carbonyl (C=O) groups is 2. The molecule has 1 aromatic heterocycles. The number of aryl methyl sites for hydroxylation is 3. The Balaban J connectivity index is 1.68. The highest BCUT2D eigenvalue weighted by Crippen LogP contribution is 2.38. The van der Waals surface area contributed by atoms with Gasteiger partial charge in [0.15, 0.2) is 6.10 Å². The zero-order valence-electron chi connectivity index (χ0n) is 16.1. The number of esters is 1. The molecule has 1 saturated carbocycles. The van der Waals surface area contributed by atoms with Crippen LogP contribution < -0.4 is 5.32 Å². The molecular formula is C21H26N2O3. The lowest BCUT2D eigenvalue weighted by Gasteiger charge is -2.15. The number of nitrogens with one attached hydrogen (secondary N) is 1. The summed E-state index contributed by atoms with van der Waals surface area (Å²) in [6, 6.07) is 8.20. The van der Waals surface area contributed by atoms with Crippen LogP contribution in [0.15, 0.2) is 24.3 Å². The molecule has 5 nitrogen and oxygen atoms in total. The Morgan fingerprint density at radius 1 is 1.15 bits per heavy atom. The lowest BCUT2D eigenvalue weighted by atomic mass is 10.1. The van der Waals surface area contributed by atoms with Gasteiger partial charge in [-0.15, -0.1) is 0 Å². The molecule has 3 rings (SSSR count). The van der Waals surface area contributed by atoms with Gasteiger partial charge in [0, 0.05) is 23.1 Å². The van der Waals surface area contributed by atoms with E-state index in [0.717, 1.165) is 41.0 Å². The standard InChI is InChI=1S/C21H26N2O3/c1-12-6-7-13(2)19(10-12)22-20(24)16(5)26-21(25)18-11-14(3)23(15(18)4)17-8-9-17/h6-7,10-11,16-17H,8-9H2,1-5H3,(H,22,24)/t16-/m0/s1. The number of nitrogens with zero attached hydrogens (tertiary/aromatic N) is 1. The first-order valence-corrected chi connectivity index (χ1v) is 9.05. The van der Waals surface area contributed by atoms with E-state index < -0.39 is 12.1 Å². The maximum atomic E-state index is 12.5. The molecule has 0 radical (unpaired) electrons. The second kappa shape index (κ2) is 6.98. The molecule has 1 fully saturated rings. The van der Waals surface area contributed by atoms with Crippen molar-refractivity contribution in [2.45, 2.75) is 59.6 Å². The Bertz CT molecular complexity index is 862. The van der Waals surface area contributed by atoms with Crippen molar-refractivity contribution in [3.63, 3.8) is 0 Å². The van der Waals surface area contributed by atoms with E-state index in [1.807, 2.05) is 52.0 Å². The molecule has 2 aromatic rings. The minimum atomic E-state index is -0.869. The highest BCUT2D eigenvalue weighted by atomic mass is 16.5. The maximum absolute atomic E-state index is 12.5. The Hall–Kier alpha value is -2.56. The maximum Gasteiger partial charge on any atom is 0.340 e. The first-order valence-electron chi connectivity index (χ1n) is 9.05. The lowest BCUT2D eigenvalue weighted by Crippen LogP contribution is -2.30. The summed E-state index contributed by atoms with van der Waals surface area (Å²) in [4.78, 5) is 25.0. The fourth-order valence-corrected chi connectivity index (χ4v) is 3.26. The molecule has 1 amide bonds. The van der Waals surface area contributed by atoms with Crippen LogP contribution in [-0.2, 0) is 9.53 Å². The number of carbonyl (C=O) groups excluding carboxylic acids is 2. The number of aromatic nitrogens is 1. The fraction of sp³-hybridized carbons (Fsp3) is 0.429. The molecule has 1 N–H and O–H groups in total. The summed E-state index contributed by atoms with van der Waals surface area (Å²) in [5.74, 6) is -0.781. The monoisotopic (exact) mass is 354 g/mol. The molecule has 0 aliphatic heterocycles. The number of ether oxygens (including phenoxy) is 1. The minimum Gasteiger partial charge on any atom is -0.449 e. The Kier molecular flexibility index (Phi) is 4.90. The first kappa shape index (κ1) is 18.2. The highest BCUT2D eigenvalue weighted by molar-refractivity contribution is 5.98. The van der Waals surface area contributed by atoms with Gasteiger partial charge in [0.25, 0.3) is 5.91 Å². The SMILES string of the molecule is Cc1ccc(C)c(NC(=O)[C@H](C)OC(=O)c2cc(C)n(C3CC3)c2C)c1. The average molecular weight is 354 g/mol. The minimum absolute atomic E-state index is 0.331. The molecular weight excluding hydrogens is 328 g/mol. The van der Waals surface area contributed by atoms with Gasteiger partial charge < -0.3 is 14.6 Å². The van der Waals surface area contributed by atoms with E-state index in [1.54, 1.807) is 6.92 Å². The molecule has 0 unspecified atom stereocenters. The van der Waals surface area contributed by atoms with E-state index in [1.165, 1.54) is 0 Å². The van der Waals surface area contributed by atoms with Crippen LogP contribution in [-0.4, -0.2) is 22.5 Å². The van der Waals surface area contributed by atoms with E-state index in [9.17, 15) is 9.59 Å². The zero-order chi connectivity index (χ0) is 19.0. The number of hydrogen-bond acceptors (Lipinski definition) is 3. The second-order valence-electron chi connectivity index (χ2n) is 7.24. The molecule has 5 heteroatoms. The van der Waals surface area contributed by atoms with Crippen LogP contribution in [0.4, 0.5) is 5.69 Å². The topological polar surface area (TPSA) is 60.3 Å². The van der Waals surface area contributed by atoms with Gasteiger partial charge in [-0.1, -0.05) is 12.1 Å². The van der Waals surface area contributed by atoms with Crippen LogP contribution in [0.3, 0.4) is 0 Å². The Morgan fingerprint density at radius 3 is 2.50 bits per heavy atom. The summed E-state index contributed by atoms with van der Waals surface area (Å²) in [7, 11) is 0. The lowest BCUT2D eigenvalue weighted by molar-refractivity contribution is -0.123. The number of rotatable bonds is 5. The van der Waals surface area contributed by atoms with Crippen LogP contribution in [0.5, 0.6) is 0 Å². The van der Waals surface area contributed by atoms with Crippen LogP contribution in [0.2, 0.25) is 0 Å². The molecule has 0 spiro atoms. The summed E-state index contributed by atoms with van der Waals surface area (Å²) in [6.45, 7) is 9.42. The van der Waals surface area contributed by atoms with Gasteiger partial charge in [-0.3, -0.25) is 4.79 Å². The predicted octanol–water partition coefficient (Wildman–Crippen LogP) is 4.24.